The molecule has 0 aliphatic carbocycles. The van der Waals surface area contributed by atoms with Gasteiger partial charge < -0.3 is 5.11 Å². The highest BCUT2D eigenvalue weighted by atomic mass is 16.3. The summed E-state index contributed by atoms with van der Waals surface area (Å²) >= 11 is 0. The molecule has 1 atom stereocenters. The molecule has 0 radical (unpaired) electrons. The van der Waals surface area contributed by atoms with Crippen LogP contribution in [0, 0.1) is 41.5 Å². The van der Waals surface area contributed by atoms with E-state index in [0.29, 0.717) is 5.82 Å². The molecule has 4 heteroatoms. The van der Waals surface area contributed by atoms with Crippen LogP contribution in [0.5, 0.6) is 0 Å². The van der Waals surface area contributed by atoms with Crippen LogP contribution in [-0.4, -0.2) is 19.6 Å². The lowest BCUT2D eigenvalue weighted by atomic mass is 10.0. The Hall–Kier alpha value is -2.20. The van der Waals surface area contributed by atoms with Crippen LogP contribution < -0.4 is 0 Å². The topological polar surface area (TPSA) is 50.9 Å². The second-order valence-corrected chi connectivity index (χ2v) is 7.81. The van der Waals surface area contributed by atoms with Gasteiger partial charge in [0.15, 0.2) is 0 Å². The van der Waals surface area contributed by atoms with Crippen molar-refractivity contribution in [3.63, 3.8) is 0 Å². The molecule has 0 saturated carbocycles. The molecule has 0 amide bonds. The number of unbranched alkanes of at least 4 members (excludes halogenated alkanes) is 1. The number of benzene rings is 1. The van der Waals surface area contributed by atoms with Crippen molar-refractivity contribution in [2.24, 2.45) is 0 Å². The van der Waals surface area contributed by atoms with E-state index in [1.54, 1.807) is 0 Å². The third-order valence-corrected chi connectivity index (χ3v) is 5.50. The van der Waals surface area contributed by atoms with Crippen molar-refractivity contribution in [2.45, 2.75) is 73.8 Å². The maximum Gasteiger partial charge on any atom is 0.149 e. The first-order chi connectivity index (χ1) is 12.8. The Morgan fingerprint density at radius 2 is 1.63 bits per heavy atom. The largest absolute Gasteiger partial charge is 0.387 e. The number of rotatable bonds is 5. The summed E-state index contributed by atoms with van der Waals surface area (Å²) in [5.74, 6) is 0.703. The molecule has 1 N–H and O–H groups in total. The number of fused-ring (bicyclic) bond motifs is 1. The predicted octanol–water partition coefficient (Wildman–Crippen LogP) is 5.49. The number of aliphatic hydroxyl groups excluding tert-OH is 1. The van der Waals surface area contributed by atoms with Crippen LogP contribution in [0.15, 0.2) is 12.1 Å². The quantitative estimate of drug-likeness (QED) is 0.650. The summed E-state index contributed by atoms with van der Waals surface area (Å²) in [4.78, 5) is 9.45. The molecule has 2 heterocycles. The highest BCUT2D eigenvalue weighted by molar-refractivity contribution is 5.87. The van der Waals surface area contributed by atoms with E-state index >= 15 is 0 Å². The van der Waals surface area contributed by atoms with E-state index in [0.717, 1.165) is 47.2 Å². The molecule has 0 bridgehead atoms. The smallest absolute Gasteiger partial charge is 0.149 e. The predicted molar refractivity (Wildman–Crippen MR) is 112 cm³/mol. The van der Waals surface area contributed by atoms with E-state index in [1.807, 2.05) is 6.92 Å². The van der Waals surface area contributed by atoms with Crippen molar-refractivity contribution in [3.8, 4) is 5.69 Å². The van der Waals surface area contributed by atoms with Gasteiger partial charge >= 0.3 is 0 Å². The zero-order valence-electron chi connectivity index (χ0n) is 17.6. The van der Waals surface area contributed by atoms with Crippen LogP contribution in [0.4, 0.5) is 0 Å². The van der Waals surface area contributed by atoms with Crippen molar-refractivity contribution in [3.05, 3.63) is 51.6 Å². The first kappa shape index (κ1) is 19.6. The van der Waals surface area contributed by atoms with Gasteiger partial charge in [-0.1, -0.05) is 37.5 Å². The highest BCUT2D eigenvalue weighted by Gasteiger charge is 2.23. The molecule has 0 spiro atoms. The molecule has 2 aromatic heterocycles. The average Bonchev–Trinajstić information content (AvgIpc) is 2.83. The zero-order chi connectivity index (χ0) is 19.9. The van der Waals surface area contributed by atoms with E-state index in [2.05, 4.69) is 63.2 Å². The monoisotopic (exact) mass is 365 g/mol. The summed E-state index contributed by atoms with van der Waals surface area (Å²) in [6, 6.07) is 4.43. The van der Waals surface area contributed by atoms with Crippen LogP contribution in [0.2, 0.25) is 0 Å². The van der Waals surface area contributed by atoms with Crippen LogP contribution in [0.1, 0.15) is 71.8 Å². The first-order valence-corrected chi connectivity index (χ1v) is 9.88. The van der Waals surface area contributed by atoms with Gasteiger partial charge in [-0.05, 0) is 64.7 Å². The minimum absolute atomic E-state index is 0.552. The zero-order valence-corrected chi connectivity index (χ0v) is 17.6. The van der Waals surface area contributed by atoms with Crippen LogP contribution in [0.25, 0.3) is 16.7 Å². The van der Waals surface area contributed by atoms with E-state index < -0.39 is 6.10 Å². The van der Waals surface area contributed by atoms with Gasteiger partial charge in [0, 0.05) is 11.1 Å². The van der Waals surface area contributed by atoms with Crippen molar-refractivity contribution in [1.29, 1.82) is 0 Å². The molecule has 0 aliphatic heterocycles. The maximum atomic E-state index is 10.8. The van der Waals surface area contributed by atoms with Gasteiger partial charge in [-0.15, -0.1) is 0 Å². The molecule has 0 aliphatic rings. The molecule has 27 heavy (non-hydrogen) atoms. The number of hydrogen-bond donors (Lipinski definition) is 1. The molecule has 3 aromatic rings. The van der Waals surface area contributed by atoms with Gasteiger partial charge in [0.05, 0.1) is 17.5 Å². The molecule has 3 rings (SSSR count). The van der Waals surface area contributed by atoms with E-state index in [9.17, 15) is 5.11 Å². The van der Waals surface area contributed by atoms with Crippen molar-refractivity contribution < 1.29 is 5.11 Å². The van der Waals surface area contributed by atoms with Crippen LogP contribution in [-0.2, 0) is 0 Å². The lowest BCUT2D eigenvalue weighted by Crippen LogP contribution is -2.07. The standard InChI is InChI=1S/C23H31N3O/c1-8-9-10-19(27)21-20-16(5)17(6)26(23(20)25-18(7)24-21)22-14(3)11-13(2)12-15(22)4/h11-12,19,27H,8-10H2,1-7H3. The van der Waals surface area contributed by atoms with Gasteiger partial charge in [-0.25, -0.2) is 9.97 Å². The number of aryl methyl sites for hydroxylation is 5. The molecule has 144 valence electrons. The minimum Gasteiger partial charge on any atom is -0.387 e. The summed E-state index contributed by atoms with van der Waals surface area (Å²) in [5.41, 5.74) is 8.89. The Kier molecular flexibility index (Phi) is 5.38. The molecular weight excluding hydrogens is 334 g/mol. The Morgan fingerprint density at radius 1 is 1.00 bits per heavy atom. The van der Waals surface area contributed by atoms with E-state index in [-0.39, 0.29) is 0 Å². The number of hydrogen-bond acceptors (Lipinski definition) is 3. The molecule has 4 nitrogen and oxygen atoms in total. The van der Waals surface area contributed by atoms with Crippen molar-refractivity contribution >= 4 is 11.0 Å². The summed E-state index contributed by atoms with van der Waals surface area (Å²) in [5, 5.41) is 11.8. The summed E-state index contributed by atoms with van der Waals surface area (Å²) in [6.07, 6.45) is 2.23. The van der Waals surface area contributed by atoms with E-state index in [4.69, 9.17) is 4.98 Å². The molecule has 0 fully saturated rings. The SMILES string of the molecule is CCCCC(O)c1nc(C)nc2c1c(C)c(C)n2-c1c(C)cc(C)cc1C. The maximum absolute atomic E-state index is 10.8. The number of aliphatic hydroxyl groups is 1. The van der Waals surface area contributed by atoms with E-state index in [1.165, 1.54) is 22.4 Å². The molecule has 1 unspecified atom stereocenters. The number of nitrogens with zero attached hydrogens (tertiary/aromatic N) is 3. The van der Waals surface area contributed by atoms with Crippen molar-refractivity contribution in [2.75, 3.05) is 0 Å². The minimum atomic E-state index is -0.552. The Labute approximate surface area is 162 Å². The summed E-state index contributed by atoms with van der Waals surface area (Å²) < 4.78 is 2.25. The first-order valence-electron chi connectivity index (χ1n) is 9.88. The van der Waals surface area contributed by atoms with Crippen molar-refractivity contribution in [1.82, 2.24) is 14.5 Å². The summed E-state index contributed by atoms with van der Waals surface area (Å²) in [6.45, 7) is 14.7. The average molecular weight is 366 g/mol. The fourth-order valence-electron chi connectivity index (χ4n) is 4.18. The van der Waals surface area contributed by atoms with Crippen LogP contribution >= 0.6 is 0 Å². The fourth-order valence-corrected chi connectivity index (χ4v) is 4.18. The lowest BCUT2D eigenvalue weighted by Gasteiger charge is -2.16. The van der Waals surface area contributed by atoms with Gasteiger partial charge in [0.2, 0.25) is 0 Å². The second kappa shape index (κ2) is 7.43. The summed E-state index contributed by atoms with van der Waals surface area (Å²) in [7, 11) is 0. The van der Waals surface area contributed by atoms with Crippen LogP contribution in [0.3, 0.4) is 0 Å². The second-order valence-electron chi connectivity index (χ2n) is 7.81. The molecule has 0 saturated heterocycles. The third kappa shape index (κ3) is 3.39. The van der Waals surface area contributed by atoms with Gasteiger partial charge in [0.25, 0.3) is 0 Å². The lowest BCUT2D eigenvalue weighted by molar-refractivity contribution is 0.161. The highest BCUT2D eigenvalue weighted by Crippen LogP contribution is 2.35. The van der Waals surface area contributed by atoms with Gasteiger partial charge in [0.1, 0.15) is 11.5 Å². The Bertz CT molecular complexity index is 978. The fraction of sp³-hybridized carbons (Fsp3) is 0.478. The third-order valence-electron chi connectivity index (χ3n) is 5.50. The normalized spacial score (nSPS) is 12.7. The Balaban J connectivity index is 2.34. The molecular formula is C23H31N3O. The number of aromatic nitrogens is 3. The molecule has 1 aromatic carbocycles. The van der Waals surface area contributed by atoms with Gasteiger partial charge in [-0.2, -0.15) is 0 Å². The van der Waals surface area contributed by atoms with Gasteiger partial charge in [-0.3, -0.25) is 4.57 Å². The Morgan fingerprint density at radius 3 is 2.22 bits per heavy atom.